The Bertz CT molecular complexity index is 1320. The van der Waals surface area contributed by atoms with Crippen LogP contribution >= 0.6 is 0 Å². The summed E-state index contributed by atoms with van der Waals surface area (Å²) in [5.41, 5.74) is 2.81. The lowest BCUT2D eigenvalue weighted by molar-refractivity contribution is -0.125. The Balaban J connectivity index is 1.63. The van der Waals surface area contributed by atoms with E-state index < -0.39 is 5.54 Å². The molecule has 1 N–H and O–H groups in total. The number of methoxy groups -OCH3 is 1. The van der Waals surface area contributed by atoms with Gasteiger partial charge in [-0.05, 0) is 49.7 Å². The van der Waals surface area contributed by atoms with Gasteiger partial charge in [-0.3, -0.25) is 9.59 Å². The van der Waals surface area contributed by atoms with Crippen molar-refractivity contribution in [2.75, 3.05) is 19.0 Å². The molecule has 0 aromatic heterocycles. The highest BCUT2D eigenvalue weighted by atomic mass is 16.5. The van der Waals surface area contributed by atoms with Crippen molar-refractivity contribution < 1.29 is 19.1 Å². The maximum Gasteiger partial charge on any atom is 0.257 e. The van der Waals surface area contributed by atoms with Gasteiger partial charge in [0.2, 0.25) is 0 Å². The summed E-state index contributed by atoms with van der Waals surface area (Å²) in [6.07, 6.45) is 0. The smallest absolute Gasteiger partial charge is 0.257 e. The molecule has 6 nitrogen and oxygen atoms in total. The van der Waals surface area contributed by atoms with Crippen molar-refractivity contribution in [1.82, 2.24) is 4.90 Å². The lowest BCUT2D eigenvalue weighted by Gasteiger charge is -2.38. The Morgan fingerprint density at radius 2 is 1.85 bits per heavy atom. The minimum absolute atomic E-state index is 0.104. The molecule has 0 spiro atoms. The number of ether oxygens (including phenoxy) is 2. The maximum atomic E-state index is 14.3. The fraction of sp³-hybridized carbons (Fsp3) is 0.286. The molecule has 1 saturated heterocycles. The van der Waals surface area contributed by atoms with Gasteiger partial charge in [0.05, 0.1) is 31.0 Å². The molecule has 3 aliphatic heterocycles. The Kier molecular flexibility index (Phi) is 4.49. The van der Waals surface area contributed by atoms with Crippen molar-refractivity contribution in [3.63, 3.8) is 0 Å². The van der Waals surface area contributed by atoms with E-state index in [1.54, 1.807) is 7.11 Å². The van der Waals surface area contributed by atoms with E-state index in [-0.39, 0.29) is 29.7 Å². The summed E-state index contributed by atoms with van der Waals surface area (Å²) >= 11 is 0. The Labute approximate surface area is 198 Å². The van der Waals surface area contributed by atoms with E-state index in [1.165, 1.54) is 0 Å². The number of hydrogen-bond acceptors (Lipinski definition) is 4. The standard InChI is InChI=1S/C28H26N2O4/c1-16-9-11-22-19(13-16)26(31)30-25-20-14-18(33-3)10-12-23(20)34-15-21(25)24(17-7-5-4-6-8-17)28(30,2)27(32)29-22/h4-14,21,24-25H,15H2,1-3H3,(H,29,32)/t21?,24?,25?,28-/m1/s1. The lowest BCUT2D eigenvalue weighted by Crippen LogP contribution is -2.54. The molecule has 2 amide bonds. The average molecular weight is 455 g/mol. The lowest BCUT2D eigenvalue weighted by atomic mass is 9.73. The predicted molar refractivity (Wildman–Crippen MR) is 128 cm³/mol. The van der Waals surface area contributed by atoms with Crippen LogP contribution in [0.2, 0.25) is 0 Å². The van der Waals surface area contributed by atoms with Crippen LogP contribution in [-0.2, 0) is 4.79 Å². The number of rotatable bonds is 2. The highest BCUT2D eigenvalue weighted by Crippen LogP contribution is 2.60. The van der Waals surface area contributed by atoms with Crippen LogP contribution in [0, 0.1) is 12.8 Å². The van der Waals surface area contributed by atoms with Gasteiger partial charge in [-0.2, -0.15) is 0 Å². The van der Waals surface area contributed by atoms with Crippen LogP contribution in [0.15, 0.2) is 66.7 Å². The van der Waals surface area contributed by atoms with Gasteiger partial charge in [-0.25, -0.2) is 0 Å². The molecule has 3 aromatic carbocycles. The van der Waals surface area contributed by atoms with Crippen LogP contribution in [0.5, 0.6) is 11.5 Å². The van der Waals surface area contributed by atoms with Crippen molar-refractivity contribution in [3.8, 4) is 11.5 Å². The first-order valence-electron chi connectivity index (χ1n) is 11.5. The molecule has 4 atom stereocenters. The first-order valence-corrected chi connectivity index (χ1v) is 11.5. The molecule has 1 fully saturated rings. The van der Waals surface area contributed by atoms with Gasteiger partial charge in [0, 0.05) is 17.4 Å². The molecular formula is C28H26N2O4. The van der Waals surface area contributed by atoms with Crippen LogP contribution in [0.4, 0.5) is 5.69 Å². The van der Waals surface area contributed by atoms with Gasteiger partial charge in [-0.1, -0.05) is 42.0 Å². The molecular weight excluding hydrogens is 428 g/mol. The first kappa shape index (κ1) is 20.8. The van der Waals surface area contributed by atoms with Gasteiger partial charge in [-0.15, -0.1) is 0 Å². The van der Waals surface area contributed by atoms with Crippen molar-refractivity contribution in [2.45, 2.75) is 31.3 Å². The van der Waals surface area contributed by atoms with Crippen LogP contribution in [0.1, 0.15) is 45.9 Å². The number of amides is 2. The summed E-state index contributed by atoms with van der Waals surface area (Å²) in [4.78, 5) is 30.1. The topological polar surface area (TPSA) is 67.9 Å². The van der Waals surface area contributed by atoms with E-state index in [1.807, 2.05) is 85.5 Å². The summed E-state index contributed by atoms with van der Waals surface area (Å²) in [6.45, 7) is 4.26. The number of aryl methyl sites for hydroxylation is 1. The Hall–Kier alpha value is -3.80. The molecule has 6 heteroatoms. The van der Waals surface area contributed by atoms with E-state index >= 15 is 0 Å². The Morgan fingerprint density at radius 1 is 1.06 bits per heavy atom. The fourth-order valence-corrected chi connectivity index (χ4v) is 6.13. The van der Waals surface area contributed by atoms with Crippen molar-refractivity contribution >= 4 is 17.5 Å². The minimum atomic E-state index is -1.12. The molecule has 0 bridgehead atoms. The molecule has 3 heterocycles. The highest BCUT2D eigenvalue weighted by molar-refractivity contribution is 6.12. The second-order valence-electron chi connectivity index (χ2n) is 9.54. The first-order chi connectivity index (χ1) is 16.4. The van der Waals surface area contributed by atoms with Crippen LogP contribution < -0.4 is 14.8 Å². The van der Waals surface area contributed by atoms with Crippen molar-refractivity contribution in [3.05, 3.63) is 89.0 Å². The largest absolute Gasteiger partial charge is 0.497 e. The predicted octanol–water partition coefficient (Wildman–Crippen LogP) is 4.70. The van der Waals surface area contributed by atoms with Crippen molar-refractivity contribution in [1.29, 1.82) is 0 Å². The van der Waals surface area contributed by atoms with E-state index in [4.69, 9.17) is 9.47 Å². The van der Waals surface area contributed by atoms with E-state index in [0.29, 0.717) is 23.6 Å². The third-order valence-electron chi connectivity index (χ3n) is 7.68. The van der Waals surface area contributed by atoms with Gasteiger partial charge >= 0.3 is 0 Å². The molecule has 34 heavy (non-hydrogen) atoms. The summed E-state index contributed by atoms with van der Waals surface area (Å²) < 4.78 is 11.7. The van der Waals surface area contributed by atoms with Crippen molar-refractivity contribution in [2.24, 2.45) is 5.92 Å². The summed E-state index contributed by atoms with van der Waals surface area (Å²) in [5, 5.41) is 3.08. The second-order valence-corrected chi connectivity index (χ2v) is 9.54. The number of fused-ring (bicyclic) bond motifs is 6. The summed E-state index contributed by atoms with van der Waals surface area (Å²) in [5.74, 6) is 0.723. The molecule has 3 unspecified atom stereocenters. The van der Waals surface area contributed by atoms with Gasteiger partial charge in [0.1, 0.15) is 17.0 Å². The quantitative estimate of drug-likeness (QED) is 0.609. The third kappa shape index (κ3) is 2.74. The molecule has 3 aliphatic rings. The van der Waals surface area contributed by atoms with Gasteiger partial charge < -0.3 is 19.7 Å². The molecule has 6 rings (SSSR count). The number of nitrogens with zero attached hydrogens (tertiary/aromatic N) is 1. The molecule has 3 aromatic rings. The SMILES string of the molecule is COc1ccc2c(c1)C1C(CO2)C(c2ccccc2)[C@]2(C)C(=O)Nc3ccc(C)cc3C(=O)N12. The van der Waals surface area contributed by atoms with Crippen LogP contribution in [0.25, 0.3) is 0 Å². The normalized spacial score (nSPS) is 26.9. The zero-order chi connectivity index (χ0) is 23.6. The fourth-order valence-electron chi connectivity index (χ4n) is 6.13. The van der Waals surface area contributed by atoms with E-state index in [2.05, 4.69) is 5.32 Å². The number of nitrogens with one attached hydrogen (secondary N) is 1. The van der Waals surface area contributed by atoms with E-state index in [0.717, 1.165) is 22.4 Å². The molecule has 0 saturated carbocycles. The number of carbonyl (C=O) groups is 2. The van der Waals surface area contributed by atoms with Gasteiger partial charge in [0.15, 0.2) is 0 Å². The third-order valence-corrected chi connectivity index (χ3v) is 7.68. The van der Waals surface area contributed by atoms with Crippen LogP contribution in [0.3, 0.4) is 0 Å². The maximum absolute atomic E-state index is 14.3. The highest BCUT2D eigenvalue weighted by Gasteiger charge is 2.65. The number of benzene rings is 3. The summed E-state index contributed by atoms with van der Waals surface area (Å²) in [7, 11) is 1.62. The summed E-state index contributed by atoms with van der Waals surface area (Å²) in [6, 6.07) is 20.9. The second kappa shape index (κ2) is 7.35. The average Bonchev–Trinajstić information content (AvgIpc) is 3.10. The minimum Gasteiger partial charge on any atom is -0.497 e. The van der Waals surface area contributed by atoms with E-state index in [9.17, 15) is 9.59 Å². The number of anilines is 1. The molecule has 0 aliphatic carbocycles. The number of hydrogen-bond donors (Lipinski definition) is 1. The molecule has 172 valence electrons. The van der Waals surface area contributed by atoms with Gasteiger partial charge in [0.25, 0.3) is 11.8 Å². The Morgan fingerprint density at radius 3 is 2.62 bits per heavy atom. The number of carbonyl (C=O) groups excluding carboxylic acids is 2. The monoisotopic (exact) mass is 454 g/mol. The zero-order valence-electron chi connectivity index (χ0n) is 19.4. The molecule has 0 radical (unpaired) electrons. The zero-order valence-corrected chi connectivity index (χ0v) is 19.4. The van der Waals surface area contributed by atoms with Crippen LogP contribution in [-0.4, -0.2) is 36.0 Å².